The molecule has 8 heteroatoms. The molecule has 1 aliphatic rings. The highest BCUT2D eigenvalue weighted by Gasteiger charge is 2.66. The van der Waals surface area contributed by atoms with Crippen molar-refractivity contribution in [3.8, 4) is 16.2 Å². The van der Waals surface area contributed by atoms with Crippen LogP contribution in [-0.4, -0.2) is 29.3 Å². The van der Waals surface area contributed by atoms with Gasteiger partial charge in [-0.2, -0.15) is 13.2 Å². The van der Waals surface area contributed by atoms with E-state index in [1.54, 1.807) is 24.5 Å². The van der Waals surface area contributed by atoms with Crippen molar-refractivity contribution in [1.29, 1.82) is 0 Å². The van der Waals surface area contributed by atoms with Crippen molar-refractivity contribution in [2.75, 3.05) is 0 Å². The molecule has 1 saturated carbocycles. The van der Waals surface area contributed by atoms with Gasteiger partial charge in [0.25, 0.3) is 0 Å². The predicted octanol–water partition coefficient (Wildman–Crippen LogP) is 6.56. The Kier molecular flexibility index (Phi) is 5.75. The molecule has 1 fully saturated rings. The number of carbonyl (C=O) groups is 1. The molecule has 3 atom stereocenters. The lowest BCUT2D eigenvalue weighted by Crippen LogP contribution is -2.51. The number of rotatable bonds is 5. The van der Waals surface area contributed by atoms with Crippen molar-refractivity contribution in [1.82, 2.24) is 4.98 Å². The van der Waals surface area contributed by atoms with Gasteiger partial charge in [-0.25, -0.2) is 4.79 Å². The number of nitrogens with zero attached hydrogens (tertiary/aromatic N) is 1. The molecule has 2 heterocycles. The van der Waals surface area contributed by atoms with Gasteiger partial charge in [-0.3, -0.25) is 4.98 Å². The Labute approximate surface area is 187 Å². The van der Waals surface area contributed by atoms with Gasteiger partial charge >= 0.3 is 12.1 Å². The average Bonchev–Trinajstić information content (AvgIpc) is 3.31. The molecule has 0 bridgehead atoms. The zero-order chi connectivity index (χ0) is 23.1. The minimum absolute atomic E-state index is 0.0615. The fourth-order valence-corrected chi connectivity index (χ4v) is 5.05. The Hall–Kier alpha value is -2.87. The van der Waals surface area contributed by atoms with Gasteiger partial charge in [0, 0.05) is 33.1 Å². The molecule has 32 heavy (non-hydrogen) atoms. The standard InChI is InChI=1S/C24H22F3NO3S/c1-14(2)22(29)31-21-9-8-20(23(21,3)24(25,26)27)30-17-7-6-15-11-18(32-19(15)12-17)16-5-4-10-28-13-16/h4-7,10-13,20-21H,1,8-9H2,2-3H3. The van der Waals surface area contributed by atoms with Crippen LogP contribution in [0.15, 0.2) is 60.9 Å². The van der Waals surface area contributed by atoms with Gasteiger partial charge in [0.15, 0.2) is 0 Å². The van der Waals surface area contributed by atoms with Crippen LogP contribution in [0, 0.1) is 5.41 Å². The van der Waals surface area contributed by atoms with E-state index in [-0.39, 0.29) is 18.4 Å². The highest BCUT2D eigenvalue weighted by atomic mass is 32.1. The number of carbonyl (C=O) groups excluding carboxylic acids is 1. The summed E-state index contributed by atoms with van der Waals surface area (Å²) in [4.78, 5) is 17.1. The lowest BCUT2D eigenvalue weighted by atomic mass is 9.83. The molecule has 3 unspecified atom stereocenters. The second kappa shape index (κ2) is 8.24. The molecule has 4 rings (SSSR count). The number of benzene rings is 1. The van der Waals surface area contributed by atoms with Crippen molar-refractivity contribution in [3.05, 3.63) is 60.9 Å². The topological polar surface area (TPSA) is 48.4 Å². The minimum Gasteiger partial charge on any atom is -0.489 e. The fraction of sp³-hybridized carbons (Fsp3) is 0.333. The molecule has 4 nitrogen and oxygen atoms in total. The molecule has 1 aliphatic carbocycles. The number of aromatic nitrogens is 1. The summed E-state index contributed by atoms with van der Waals surface area (Å²) in [5.74, 6) is -0.474. The summed E-state index contributed by atoms with van der Waals surface area (Å²) < 4.78 is 54.4. The third kappa shape index (κ3) is 3.99. The monoisotopic (exact) mass is 461 g/mol. The van der Waals surface area contributed by atoms with Crippen LogP contribution in [0.25, 0.3) is 20.5 Å². The summed E-state index contributed by atoms with van der Waals surface area (Å²) in [5.41, 5.74) is -1.30. The molecule has 0 radical (unpaired) electrons. The van der Waals surface area contributed by atoms with E-state index in [0.29, 0.717) is 5.75 Å². The molecule has 2 aromatic heterocycles. The Bertz CT molecular complexity index is 1160. The summed E-state index contributed by atoms with van der Waals surface area (Å²) in [6.07, 6.45) is -3.49. The van der Waals surface area contributed by atoms with E-state index in [1.165, 1.54) is 18.3 Å². The maximum Gasteiger partial charge on any atom is 0.401 e. The number of alkyl halides is 3. The van der Waals surface area contributed by atoms with Crippen molar-refractivity contribution >= 4 is 27.4 Å². The quantitative estimate of drug-likeness (QED) is 0.319. The summed E-state index contributed by atoms with van der Waals surface area (Å²) >= 11 is 1.52. The summed E-state index contributed by atoms with van der Waals surface area (Å²) in [6, 6.07) is 11.1. The van der Waals surface area contributed by atoms with E-state index in [0.717, 1.165) is 27.5 Å². The number of thiophene rings is 1. The maximum atomic E-state index is 14.1. The number of halogens is 3. The summed E-state index contributed by atoms with van der Waals surface area (Å²) in [6.45, 7) is 5.93. The normalized spacial score (nSPS) is 23.3. The lowest BCUT2D eigenvalue weighted by molar-refractivity contribution is -0.262. The van der Waals surface area contributed by atoms with Crippen molar-refractivity contribution in [2.24, 2.45) is 5.41 Å². The lowest BCUT2D eigenvalue weighted by Gasteiger charge is -2.37. The second-order valence-corrected chi connectivity index (χ2v) is 9.27. The first-order chi connectivity index (χ1) is 15.1. The fourth-order valence-electron chi connectivity index (χ4n) is 3.97. The van der Waals surface area contributed by atoms with Crippen LogP contribution in [0.5, 0.6) is 5.75 Å². The number of esters is 1. The number of hydrogen-bond acceptors (Lipinski definition) is 5. The average molecular weight is 462 g/mol. The number of fused-ring (bicyclic) bond motifs is 1. The maximum absolute atomic E-state index is 14.1. The van der Waals surface area contributed by atoms with E-state index in [9.17, 15) is 18.0 Å². The van der Waals surface area contributed by atoms with Gasteiger partial charge in [-0.15, -0.1) is 11.3 Å². The molecule has 0 spiro atoms. The molecular formula is C24H22F3NO3S. The molecule has 1 aromatic carbocycles. The van der Waals surface area contributed by atoms with Crippen LogP contribution in [0.3, 0.4) is 0 Å². The minimum atomic E-state index is -4.62. The SMILES string of the molecule is C=C(C)C(=O)OC1CCC(Oc2ccc3cc(-c4cccnc4)sc3c2)C1(C)C(F)(F)F. The summed E-state index contributed by atoms with van der Waals surface area (Å²) in [5, 5.41) is 0.972. The first kappa shape index (κ1) is 22.3. The van der Waals surface area contributed by atoms with E-state index < -0.39 is 29.8 Å². The first-order valence-electron chi connectivity index (χ1n) is 10.1. The smallest absolute Gasteiger partial charge is 0.401 e. The van der Waals surface area contributed by atoms with Crippen molar-refractivity contribution in [2.45, 2.75) is 45.1 Å². The van der Waals surface area contributed by atoms with Crippen LogP contribution in [0.2, 0.25) is 0 Å². The summed E-state index contributed by atoms with van der Waals surface area (Å²) in [7, 11) is 0. The first-order valence-corrected chi connectivity index (χ1v) is 10.9. The van der Waals surface area contributed by atoms with E-state index >= 15 is 0 Å². The number of ether oxygens (including phenoxy) is 2. The van der Waals surface area contributed by atoms with Crippen LogP contribution in [-0.2, 0) is 9.53 Å². The predicted molar refractivity (Wildman–Crippen MR) is 118 cm³/mol. The Morgan fingerprint density at radius 2 is 1.97 bits per heavy atom. The third-order valence-corrected chi connectivity index (χ3v) is 7.10. The van der Waals surface area contributed by atoms with Crippen LogP contribution in [0.4, 0.5) is 13.2 Å². The Morgan fingerprint density at radius 3 is 2.62 bits per heavy atom. The van der Waals surface area contributed by atoms with E-state index in [4.69, 9.17) is 9.47 Å². The molecule has 3 aromatic rings. The highest BCUT2D eigenvalue weighted by molar-refractivity contribution is 7.22. The van der Waals surface area contributed by atoms with Gasteiger partial charge in [-0.05, 0) is 62.4 Å². The zero-order valence-corrected chi connectivity index (χ0v) is 18.4. The highest BCUT2D eigenvalue weighted by Crippen LogP contribution is 2.53. The largest absolute Gasteiger partial charge is 0.489 e. The van der Waals surface area contributed by atoms with Gasteiger partial charge in [0.2, 0.25) is 0 Å². The van der Waals surface area contributed by atoms with Crippen LogP contribution >= 0.6 is 11.3 Å². The molecule has 0 amide bonds. The molecule has 0 N–H and O–H groups in total. The Morgan fingerprint density at radius 1 is 1.22 bits per heavy atom. The van der Waals surface area contributed by atoms with Crippen molar-refractivity contribution in [3.63, 3.8) is 0 Å². The number of hydrogen-bond donors (Lipinski definition) is 0. The van der Waals surface area contributed by atoms with Gasteiger partial charge < -0.3 is 9.47 Å². The van der Waals surface area contributed by atoms with Gasteiger partial charge in [0.1, 0.15) is 23.4 Å². The molecule has 0 aliphatic heterocycles. The molecule has 168 valence electrons. The zero-order valence-electron chi connectivity index (χ0n) is 17.6. The third-order valence-electron chi connectivity index (χ3n) is 5.95. The van der Waals surface area contributed by atoms with E-state index in [1.807, 2.05) is 24.3 Å². The van der Waals surface area contributed by atoms with Crippen molar-refractivity contribution < 1.29 is 27.4 Å². The second-order valence-electron chi connectivity index (χ2n) is 8.19. The number of pyridine rings is 1. The Balaban J connectivity index is 1.60. The van der Waals surface area contributed by atoms with Gasteiger partial charge in [-0.1, -0.05) is 12.6 Å². The van der Waals surface area contributed by atoms with Crippen LogP contribution in [0.1, 0.15) is 26.7 Å². The van der Waals surface area contributed by atoms with Crippen LogP contribution < -0.4 is 4.74 Å². The molecule has 0 saturated heterocycles. The molecular weight excluding hydrogens is 439 g/mol. The van der Waals surface area contributed by atoms with E-state index in [2.05, 4.69) is 11.6 Å². The van der Waals surface area contributed by atoms with Gasteiger partial charge in [0.05, 0.1) is 0 Å².